The minimum Gasteiger partial charge on any atom is -0.389 e. The first-order chi connectivity index (χ1) is 9.60. The molecule has 0 aliphatic carbocycles. The highest BCUT2D eigenvalue weighted by atomic mass is 16.5. The molecule has 1 saturated heterocycles. The van der Waals surface area contributed by atoms with Gasteiger partial charge in [0.1, 0.15) is 0 Å². The number of ether oxygens (including phenoxy) is 2. The highest BCUT2D eigenvalue weighted by molar-refractivity contribution is 5.32. The lowest BCUT2D eigenvalue weighted by molar-refractivity contribution is -0.0496. The van der Waals surface area contributed by atoms with Crippen LogP contribution in [-0.4, -0.2) is 56.1 Å². The molecule has 20 heavy (non-hydrogen) atoms. The van der Waals surface area contributed by atoms with E-state index in [-0.39, 0.29) is 6.10 Å². The van der Waals surface area contributed by atoms with Gasteiger partial charge in [0.25, 0.3) is 0 Å². The molecule has 4 nitrogen and oxygen atoms in total. The van der Waals surface area contributed by atoms with Crippen molar-refractivity contribution < 1.29 is 14.6 Å². The van der Waals surface area contributed by atoms with Crippen molar-refractivity contribution in [2.75, 3.05) is 40.0 Å². The fraction of sp³-hybridized carbons (Fsp3) is 0.625. The summed E-state index contributed by atoms with van der Waals surface area (Å²) >= 11 is 0. The molecule has 0 spiro atoms. The quantitative estimate of drug-likeness (QED) is 0.890. The number of benzene rings is 1. The summed E-state index contributed by atoms with van der Waals surface area (Å²) in [6.45, 7) is 7.64. The average molecular weight is 279 g/mol. The first kappa shape index (κ1) is 15.4. The van der Waals surface area contributed by atoms with Crippen LogP contribution in [0, 0.1) is 13.8 Å². The summed E-state index contributed by atoms with van der Waals surface area (Å²) in [4.78, 5) is 2.25. The van der Waals surface area contributed by atoms with E-state index in [1.807, 2.05) is 0 Å². The SMILES string of the molecule is COC[C@H](O)CN1CCO[C@H](c2ccc(C)cc2C)C1. The van der Waals surface area contributed by atoms with E-state index in [1.165, 1.54) is 16.7 Å². The summed E-state index contributed by atoms with van der Waals surface area (Å²) in [7, 11) is 1.61. The van der Waals surface area contributed by atoms with E-state index >= 15 is 0 Å². The molecule has 0 saturated carbocycles. The Morgan fingerprint density at radius 1 is 1.45 bits per heavy atom. The molecule has 1 aliphatic heterocycles. The van der Waals surface area contributed by atoms with E-state index in [0.29, 0.717) is 19.8 Å². The van der Waals surface area contributed by atoms with Crippen molar-refractivity contribution in [1.29, 1.82) is 0 Å². The monoisotopic (exact) mass is 279 g/mol. The van der Waals surface area contributed by atoms with Gasteiger partial charge in [-0.2, -0.15) is 0 Å². The molecule has 0 bridgehead atoms. The second-order valence-electron chi connectivity index (χ2n) is 5.59. The molecule has 1 aliphatic rings. The zero-order chi connectivity index (χ0) is 14.5. The van der Waals surface area contributed by atoms with Crippen molar-refractivity contribution in [3.63, 3.8) is 0 Å². The summed E-state index contributed by atoms with van der Waals surface area (Å²) in [5.41, 5.74) is 3.80. The second-order valence-corrected chi connectivity index (χ2v) is 5.59. The van der Waals surface area contributed by atoms with Gasteiger partial charge < -0.3 is 14.6 Å². The highest BCUT2D eigenvalue weighted by Crippen LogP contribution is 2.25. The van der Waals surface area contributed by atoms with Gasteiger partial charge in [-0.15, -0.1) is 0 Å². The third kappa shape index (κ3) is 4.03. The van der Waals surface area contributed by atoms with E-state index in [4.69, 9.17) is 9.47 Å². The number of rotatable bonds is 5. The maximum atomic E-state index is 9.84. The zero-order valence-electron chi connectivity index (χ0n) is 12.6. The number of nitrogens with zero attached hydrogens (tertiary/aromatic N) is 1. The van der Waals surface area contributed by atoms with Crippen LogP contribution in [0.5, 0.6) is 0 Å². The van der Waals surface area contributed by atoms with Gasteiger partial charge in [-0.25, -0.2) is 0 Å². The highest BCUT2D eigenvalue weighted by Gasteiger charge is 2.24. The number of hydrogen-bond acceptors (Lipinski definition) is 4. The summed E-state index contributed by atoms with van der Waals surface area (Å²) in [5, 5.41) is 9.84. The van der Waals surface area contributed by atoms with Crippen LogP contribution in [0.4, 0.5) is 0 Å². The molecule has 0 radical (unpaired) electrons. The first-order valence-electron chi connectivity index (χ1n) is 7.18. The van der Waals surface area contributed by atoms with Gasteiger partial charge in [-0.3, -0.25) is 4.90 Å². The topological polar surface area (TPSA) is 41.9 Å². The van der Waals surface area contributed by atoms with Gasteiger partial charge in [0, 0.05) is 26.7 Å². The standard InChI is InChI=1S/C16H25NO3/c1-12-4-5-15(13(2)8-12)16-10-17(6-7-20-16)9-14(18)11-19-3/h4-5,8,14,16,18H,6-7,9-11H2,1-3H3/t14-,16+/m1/s1. The van der Waals surface area contributed by atoms with E-state index in [9.17, 15) is 5.11 Å². The van der Waals surface area contributed by atoms with Gasteiger partial charge in [-0.1, -0.05) is 23.8 Å². The molecule has 0 amide bonds. The van der Waals surface area contributed by atoms with Crippen molar-refractivity contribution in [3.8, 4) is 0 Å². The molecule has 1 aromatic carbocycles. The van der Waals surface area contributed by atoms with E-state index in [2.05, 4.69) is 36.9 Å². The Bertz CT molecular complexity index is 436. The van der Waals surface area contributed by atoms with Gasteiger partial charge >= 0.3 is 0 Å². The number of aliphatic hydroxyl groups is 1. The molecular formula is C16H25NO3. The number of methoxy groups -OCH3 is 1. The molecule has 2 atom stereocenters. The largest absolute Gasteiger partial charge is 0.389 e. The van der Waals surface area contributed by atoms with Crippen molar-refractivity contribution in [2.24, 2.45) is 0 Å². The van der Waals surface area contributed by atoms with Crippen molar-refractivity contribution in [1.82, 2.24) is 4.90 Å². The Hall–Kier alpha value is -0.940. The summed E-state index contributed by atoms with van der Waals surface area (Å²) in [5.74, 6) is 0. The second kappa shape index (κ2) is 7.18. The molecule has 112 valence electrons. The van der Waals surface area contributed by atoms with Gasteiger partial charge in [-0.05, 0) is 25.0 Å². The zero-order valence-corrected chi connectivity index (χ0v) is 12.6. The summed E-state index contributed by atoms with van der Waals surface area (Å²) < 4.78 is 10.9. The number of β-amino-alcohol motifs (C(OH)–C–C–N with tert-alkyl or cyclic N) is 1. The molecule has 1 fully saturated rings. The van der Waals surface area contributed by atoms with Gasteiger partial charge in [0.05, 0.1) is 25.4 Å². The smallest absolute Gasteiger partial charge is 0.0954 e. The van der Waals surface area contributed by atoms with E-state index in [0.717, 1.165) is 13.1 Å². The molecule has 1 aromatic rings. The molecule has 2 rings (SSSR count). The van der Waals surface area contributed by atoms with Crippen LogP contribution < -0.4 is 0 Å². The Morgan fingerprint density at radius 2 is 2.25 bits per heavy atom. The fourth-order valence-electron chi connectivity index (χ4n) is 2.79. The predicted molar refractivity (Wildman–Crippen MR) is 78.9 cm³/mol. The van der Waals surface area contributed by atoms with Crippen molar-refractivity contribution in [3.05, 3.63) is 34.9 Å². The predicted octanol–water partition coefficient (Wildman–Crippen LogP) is 1.68. The Kier molecular flexibility index (Phi) is 5.54. The number of aliphatic hydroxyl groups excluding tert-OH is 1. The van der Waals surface area contributed by atoms with Crippen LogP contribution in [0.1, 0.15) is 22.8 Å². The lowest BCUT2D eigenvalue weighted by atomic mass is 10.00. The minimum absolute atomic E-state index is 0.0964. The van der Waals surface area contributed by atoms with Gasteiger partial charge in [0.15, 0.2) is 0 Å². The average Bonchev–Trinajstić information content (AvgIpc) is 2.39. The molecule has 0 aromatic heterocycles. The molecule has 4 heteroatoms. The van der Waals surface area contributed by atoms with Crippen LogP contribution in [0.25, 0.3) is 0 Å². The molecule has 0 unspecified atom stereocenters. The molecule has 1 heterocycles. The summed E-state index contributed by atoms with van der Waals surface area (Å²) in [6, 6.07) is 6.48. The number of aryl methyl sites for hydroxylation is 2. The number of hydrogen-bond donors (Lipinski definition) is 1. The normalized spacial score (nSPS) is 21.9. The van der Waals surface area contributed by atoms with E-state index < -0.39 is 6.10 Å². The maximum absolute atomic E-state index is 9.84. The van der Waals surface area contributed by atoms with Crippen LogP contribution >= 0.6 is 0 Å². The first-order valence-corrected chi connectivity index (χ1v) is 7.18. The lowest BCUT2D eigenvalue weighted by Crippen LogP contribution is -2.43. The Morgan fingerprint density at radius 3 is 2.95 bits per heavy atom. The third-order valence-corrected chi connectivity index (χ3v) is 3.75. The Balaban J connectivity index is 1.99. The van der Waals surface area contributed by atoms with Crippen molar-refractivity contribution >= 4 is 0 Å². The maximum Gasteiger partial charge on any atom is 0.0954 e. The van der Waals surface area contributed by atoms with Gasteiger partial charge in [0.2, 0.25) is 0 Å². The van der Waals surface area contributed by atoms with Crippen molar-refractivity contribution in [2.45, 2.75) is 26.1 Å². The minimum atomic E-state index is -0.433. The third-order valence-electron chi connectivity index (χ3n) is 3.75. The van der Waals surface area contributed by atoms with Crippen LogP contribution in [-0.2, 0) is 9.47 Å². The summed E-state index contributed by atoms with van der Waals surface area (Å²) in [6.07, 6.45) is -0.336. The van der Waals surface area contributed by atoms with E-state index in [1.54, 1.807) is 7.11 Å². The van der Waals surface area contributed by atoms with Crippen LogP contribution in [0.3, 0.4) is 0 Å². The Labute approximate surface area is 121 Å². The van der Waals surface area contributed by atoms with Crippen LogP contribution in [0.15, 0.2) is 18.2 Å². The fourth-order valence-corrected chi connectivity index (χ4v) is 2.79. The number of morpholine rings is 1. The lowest BCUT2D eigenvalue weighted by Gasteiger charge is -2.34. The molecule has 1 N–H and O–H groups in total. The van der Waals surface area contributed by atoms with Crippen LogP contribution in [0.2, 0.25) is 0 Å². The molecular weight excluding hydrogens is 254 g/mol.